The molecule has 0 aliphatic rings. The van der Waals surface area contributed by atoms with Gasteiger partial charge in [-0.05, 0) is 46.0 Å². The third-order valence-corrected chi connectivity index (χ3v) is 4.19. The Bertz CT molecular complexity index is 581. The lowest BCUT2D eigenvalue weighted by Crippen LogP contribution is -2.45. The fraction of sp³-hybridized carbons (Fsp3) is 0.600. The topological polar surface area (TPSA) is 51.2 Å². The summed E-state index contributed by atoms with van der Waals surface area (Å²) in [4.78, 5) is 23.0. The molecule has 1 rings (SSSR count). The molecule has 1 N–H and O–H groups in total. The maximum atomic E-state index is 12.4. The van der Waals surface area contributed by atoms with Crippen molar-refractivity contribution in [3.8, 4) is 0 Å². The van der Waals surface area contributed by atoms with E-state index in [9.17, 15) is 4.79 Å². The number of aliphatic imine (C=N–C) groups is 1. The Kier molecular flexibility index (Phi) is 9.73. The number of amides is 1. The van der Waals surface area contributed by atoms with Crippen LogP contribution in [0.25, 0.3) is 0 Å². The molecule has 0 aromatic heterocycles. The molecule has 146 valence electrons. The van der Waals surface area contributed by atoms with Crippen molar-refractivity contribution in [2.75, 3.05) is 47.3 Å². The first-order valence-electron chi connectivity index (χ1n) is 9.41. The first kappa shape index (κ1) is 22.0. The molecule has 0 aliphatic carbocycles. The molecule has 0 atom stereocenters. The van der Waals surface area contributed by atoms with Crippen molar-refractivity contribution in [2.45, 2.75) is 33.9 Å². The zero-order valence-corrected chi connectivity index (χ0v) is 17.2. The molecule has 0 saturated heterocycles. The molecule has 0 fully saturated rings. The number of nitrogens with zero attached hydrogens (tertiary/aromatic N) is 4. The normalized spacial score (nSPS) is 11.6. The van der Waals surface area contributed by atoms with E-state index in [0.717, 1.165) is 32.1 Å². The predicted molar refractivity (Wildman–Crippen MR) is 109 cm³/mol. The van der Waals surface area contributed by atoms with E-state index in [1.165, 1.54) is 11.1 Å². The average molecular weight is 362 g/mol. The van der Waals surface area contributed by atoms with Gasteiger partial charge in [0.15, 0.2) is 5.96 Å². The van der Waals surface area contributed by atoms with Crippen LogP contribution in [0.1, 0.15) is 31.9 Å². The second kappa shape index (κ2) is 11.5. The van der Waals surface area contributed by atoms with Crippen LogP contribution in [0.2, 0.25) is 0 Å². The van der Waals surface area contributed by atoms with Crippen LogP contribution in [0, 0.1) is 0 Å². The number of carbonyl (C=O) groups excluding carboxylic acids is 1. The van der Waals surface area contributed by atoms with Gasteiger partial charge in [-0.1, -0.05) is 24.3 Å². The lowest BCUT2D eigenvalue weighted by Gasteiger charge is -2.25. The lowest BCUT2D eigenvalue weighted by molar-refractivity contribution is -0.131. The second-order valence-corrected chi connectivity index (χ2v) is 6.60. The van der Waals surface area contributed by atoms with E-state index in [0.29, 0.717) is 13.1 Å². The van der Waals surface area contributed by atoms with Gasteiger partial charge in [0.2, 0.25) is 5.91 Å². The summed E-state index contributed by atoms with van der Waals surface area (Å²) in [6.07, 6.45) is 0. The van der Waals surface area contributed by atoms with E-state index >= 15 is 0 Å². The molecule has 1 aromatic carbocycles. The van der Waals surface area contributed by atoms with Crippen LogP contribution in [0.4, 0.5) is 0 Å². The molecule has 0 spiro atoms. The molecule has 1 aromatic rings. The minimum Gasteiger partial charge on any atom is -0.357 e. The molecule has 26 heavy (non-hydrogen) atoms. The van der Waals surface area contributed by atoms with Crippen molar-refractivity contribution in [3.63, 3.8) is 0 Å². The SMILES string of the molecule is CCNC(=NCc1ccccc1CN(C)C)N(C)CC(=O)N(CC)CC. The minimum absolute atomic E-state index is 0.121. The van der Waals surface area contributed by atoms with Crippen molar-refractivity contribution in [1.82, 2.24) is 20.0 Å². The number of rotatable bonds is 9. The van der Waals surface area contributed by atoms with Gasteiger partial charge in [-0.15, -0.1) is 0 Å². The third kappa shape index (κ3) is 7.04. The van der Waals surface area contributed by atoms with E-state index in [1.54, 1.807) is 0 Å². The highest BCUT2D eigenvalue weighted by atomic mass is 16.2. The van der Waals surface area contributed by atoms with Crippen molar-refractivity contribution in [1.29, 1.82) is 0 Å². The summed E-state index contributed by atoms with van der Waals surface area (Å²) in [7, 11) is 6.04. The number of likely N-dealkylation sites (N-methyl/N-ethyl adjacent to an activating group) is 2. The standard InChI is InChI=1S/C20H35N5O/c1-7-21-20(24(6)16-19(26)25(8-2)9-3)22-14-17-12-10-11-13-18(17)15-23(4)5/h10-13H,7-9,14-16H2,1-6H3,(H,21,22). The van der Waals surface area contributed by atoms with E-state index in [2.05, 4.69) is 42.5 Å². The second-order valence-electron chi connectivity index (χ2n) is 6.60. The van der Waals surface area contributed by atoms with Crippen molar-refractivity contribution in [3.05, 3.63) is 35.4 Å². The molecule has 0 unspecified atom stereocenters. The van der Waals surface area contributed by atoms with E-state index in [4.69, 9.17) is 4.99 Å². The van der Waals surface area contributed by atoms with Crippen LogP contribution in [0.3, 0.4) is 0 Å². The van der Waals surface area contributed by atoms with Gasteiger partial charge in [0.05, 0.1) is 13.1 Å². The molecular weight excluding hydrogens is 326 g/mol. The van der Waals surface area contributed by atoms with Crippen LogP contribution in [-0.4, -0.2) is 73.9 Å². The first-order valence-corrected chi connectivity index (χ1v) is 9.41. The fourth-order valence-electron chi connectivity index (χ4n) is 2.79. The number of benzene rings is 1. The van der Waals surface area contributed by atoms with Gasteiger partial charge in [0.1, 0.15) is 0 Å². The van der Waals surface area contributed by atoms with Crippen LogP contribution < -0.4 is 5.32 Å². The van der Waals surface area contributed by atoms with Crippen LogP contribution in [0.15, 0.2) is 29.3 Å². The van der Waals surface area contributed by atoms with Gasteiger partial charge in [0, 0.05) is 33.2 Å². The smallest absolute Gasteiger partial charge is 0.242 e. The largest absolute Gasteiger partial charge is 0.357 e. The highest BCUT2D eigenvalue weighted by molar-refractivity contribution is 5.86. The Morgan fingerprint density at radius 3 is 2.19 bits per heavy atom. The Hall–Kier alpha value is -2.08. The number of guanidine groups is 1. The number of hydrogen-bond donors (Lipinski definition) is 1. The summed E-state index contributed by atoms with van der Waals surface area (Å²) in [5, 5.41) is 3.29. The monoisotopic (exact) mass is 361 g/mol. The summed E-state index contributed by atoms with van der Waals surface area (Å²) < 4.78 is 0. The van der Waals surface area contributed by atoms with Gasteiger partial charge >= 0.3 is 0 Å². The zero-order chi connectivity index (χ0) is 19.5. The molecule has 6 nitrogen and oxygen atoms in total. The molecule has 0 radical (unpaired) electrons. The van der Waals surface area contributed by atoms with E-state index in [1.807, 2.05) is 43.7 Å². The molecule has 1 amide bonds. The maximum Gasteiger partial charge on any atom is 0.242 e. The minimum atomic E-state index is 0.121. The Morgan fingerprint density at radius 1 is 1.04 bits per heavy atom. The van der Waals surface area contributed by atoms with Gasteiger partial charge in [-0.25, -0.2) is 4.99 Å². The Balaban J connectivity index is 2.87. The summed E-state index contributed by atoms with van der Waals surface area (Å²) in [5.74, 6) is 0.878. The third-order valence-electron chi connectivity index (χ3n) is 4.19. The highest BCUT2D eigenvalue weighted by Crippen LogP contribution is 2.12. The molecule has 0 bridgehead atoms. The fourth-order valence-corrected chi connectivity index (χ4v) is 2.79. The summed E-state index contributed by atoms with van der Waals surface area (Å²) >= 11 is 0. The van der Waals surface area contributed by atoms with Gasteiger partial charge in [-0.2, -0.15) is 0 Å². The first-order chi connectivity index (χ1) is 12.4. The Morgan fingerprint density at radius 2 is 1.65 bits per heavy atom. The highest BCUT2D eigenvalue weighted by Gasteiger charge is 2.15. The van der Waals surface area contributed by atoms with Crippen molar-refractivity contribution in [2.24, 2.45) is 4.99 Å². The van der Waals surface area contributed by atoms with E-state index in [-0.39, 0.29) is 5.91 Å². The van der Waals surface area contributed by atoms with Gasteiger partial charge < -0.3 is 20.0 Å². The maximum absolute atomic E-state index is 12.4. The van der Waals surface area contributed by atoms with Crippen LogP contribution in [-0.2, 0) is 17.9 Å². The number of hydrogen-bond acceptors (Lipinski definition) is 3. The molecule has 0 aliphatic heterocycles. The lowest BCUT2D eigenvalue weighted by atomic mass is 10.1. The average Bonchev–Trinajstić information content (AvgIpc) is 2.60. The summed E-state index contributed by atoms with van der Waals surface area (Å²) in [6.45, 7) is 10.1. The molecular formula is C20H35N5O. The summed E-state index contributed by atoms with van der Waals surface area (Å²) in [5.41, 5.74) is 2.49. The predicted octanol–water partition coefficient (Wildman–Crippen LogP) is 2.01. The zero-order valence-electron chi connectivity index (χ0n) is 17.2. The van der Waals surface area contributed by atoms with Crippen LogP contribution >= 0.6 is 0 Å². The molecule has 0 saturated carbocycles. The van der Waals surface area contributed by atoms with Crippen molar-refractivity contribution < 1.29 is 4.79 Å². The van der Waals surface area contributed by atoms with Crippen molar-refractivity contribution >= 4 is 11.9 Å². The van der Waals surface area contributed by atoms with Gasteiger partial charge in [0.25, 0.3) is 0 Å². The Labute approximate surface area is 158 Å². The molecule has 6 heteroatoms. The van der Waals surface area contributed by atoms with E-state index < -0.39 is 0 Å². The van der Waals surface area contributed by atoms with Gasteiger partial charge in [-0.3, -0.25) is 4.79 Å². The van der Waals surface area contributed by atoms with Crippen LogP contribution in [0.5, 0.6) is 0 Å². The molecule has 0 heterocycles. The summed E-state index contributed by atoms with van der Waals surface area (Å²) in [6, 6.07) is 8.37. The number of nitrogens with one attached hydrogen (secondary N) is 1. The number of carbonyl (C=O) groups is 1. The quantitative estimate of drug-likeness (QED) is 0.540.